The fourth-order valence-electron chi connectivity index (χ4n) is 7.49. The third-order valence-electron chi connectivity index (χ3n) is 10.5. The Morgan fingerprint density at radius 3 is 1.56 bits per heavy atom. The number of hydrogen-bond donors (Lipinski definition) is 3. The molecule has 16 heteroatoms. The maximum Gasteiger partial charge on any atom is 0.389 e. The second-order valence-electron chi connectivity index (χ2n) is 14.6. The average molecular weight is 906 g/mol. The number of halogens is 3. The first-order chi connectivity index (χ1) is 30.1. The van der Waals surface area contributed by atoms with E-state index in [4.69, 9.17) is 9.47 Å². The maximum atomic E-state index is 13.0. The van der Waals surface area contributed by atoms with Crippen molar-refractivity contribution in [3.05, 3.63) is 150 Å². The molecule has 11 nitrogen and oxygen atoms in total. The van der Waals surface area contributed by atoms with E-state index in [0.717, 1.165) is 33.8 Å². The van der Waals surface area contributed by atoms with Gasteiger partial charge in [-0.3, -0.25) is 9.11 Å². The number of para-hydroxylation sites is 1. The monoisotopic (exact) mass is 905 g/mol. The van der Waals surface area contributed by atoms with Gasteiger partial charge >= 0.3 is 6.18 Å². The number of nitrogens with zero attached hydrogens (tertiary/aromatic N) is 2. The zero-order valence-corrected chi connectivity index (χ0v) is 36.5. The second kappa shape index (κ2) is 20.8. The normalized spacial score (nSPS) is 12.6. The number of hydrogen-bond acceptors (Lipinski definition) is 9. The molecule has 3 N–H and O–H groups in total. The lowest BCUT2D eigenvalue weighted by Gasteiger charge is -2.28. The summed E-state index contributed by atoms with van der Waals surface area (Å²) in [5.74, 6) is -0.467. The number of rotatable bonds is 21. The number of nitrogens with one attached hydrogen (secondary N) is 1. The van der Waals surface area contributed by atoms with Crippen LogP contribution in [0.3, 0.4) is 0 Å². The topological polar surface area (TPSA) is 146 Å². The summed E-state index contributed by atoms with van der Waals surface area (Å²) < 4.78 is 118. The van der Waals surface area contributed by atoms with Gasteiger partial charge in [0.2, 0.25) is 0 Å². The van der Waals surface area contributed by atoms with Gasteiger partial charge < -0.3 is 24.6 Å². The largest absolute Gasteiger partial charge is 0.389 e. The number of anilines is 5. The summed E-state index contributed by atoms with van der Waals surface area (Å²) in [6.45, 7) is 6.75. The minimum absolute atomic E-state index is 0.0318. The van der Waals surface area contributed by atoms with E-state index in [1.807, 2.05) is 104 Å². The van der Waals surface area contributed by atoms with Crippen molar-refractivity contribution in [2.24, 2.45) is 0 Å². The highest BCUT2D eigenvalue weighted by molar-refractivity contribution is 7.86. The molecule has 0 aliphatic rings. The first-order valence-corrected chi connectivity index (χ1v) is 23.3. The molecule has 0 heterocycles. The van der Waals surface area contributed by atoms with Gasteiger partial charge in [-0.15, -0.1) is 0 Å². The Hall–Kier alpha value is -5.49. The summed E-state index contributed by atoms with van der Waals surface area (Å²) in [5.41, 5.74) is 6.23. The molecule has 1 atom stereocenters. The summed E-state index contributed by atoms with van der Waals surface area (Å²) >= 11 is 0. The third-order valence-corrected chi connectivity index (χ3v) is 12.2. The van der Waals surface area contributed by atoms with Crippen LogP contribution in [-0.2, 0) is 29.7 Å². The summed E-state index contributed by atoms with van der Waals surface area (Å²) in [4.78, 5) is 3.53. The van der Waals surface area contributed by atoms with Crippen LogP contribution in [-0.4, -0.2) is 78.2 Å². The van der Waals surface area contributed by atoms with E-state index < -0.39 is 38.8 Å². The van der Waals surface area contributed by atoms with Crippen molar-refractivity contribution in [2.45, 2.75) is 48.6 Å². The van der Waals surface area contributed by atoms with E-state index in [2.05, 4.69) is 10.2 Å². The van der Waals surface area contributed by atoms with Crippen LogP contribution in [0.4, 0.5) is 41.6 Å². The molecule has 6 aromatic rings. The van der Waals surface area contributed by atoms with E-state index in [1.54, 1.807) is 24.3 Å². The van der Waals surface area contributed by atoms with Crippen LogP contribution >= 0.6 is 0 Å². The highest BCUT2D eigenvalue weighted by Crippen LogP contribution is 2.41. The molecule has 0 spiro atoms. The number of ether oxygens (including phenoxy) is 2. The summed E-state index contributed by atoms with van der Waals surface area (Å²) in [5, 5.41) is 4.06. The number of benzene rings is 6. The molecule has 0 amide bonds. The molecule has 0 aliphatic heterocycles. The van der Waals surface area contributed by atoms with E-state index in [-0.39, 0.29) is 22.8 Å². The number of alkyl halides is 3. The Labute approximate surface area is 366 Å². The first-order valence-electron chi connectivity index (χ1n) is 20.4. The SMILES string of the molecule is CCOCCN(c1ccccc1)c1ccc(C(c2ccc(N(CCOCC)c3ccc(S(=O)(=O)O)cc3)cc2)c2ccc(NCCCC(F)(F)F)c3cc(S(=O)(=O)O)ccc23)cc1. The lowest BCUT2D eigenvalue weighted by atomic mass is 9.82. The molecule has 63 heavy (non-hydrogen) atoms. The Balaban J connectivity index is 1.47. The molecule has 6 rings (SSSR count). The van der Waals surface area contributed by atoms with Gasteiger partial charge in [0, 0.05) is 79.0 Å². The van der Waals surface area contributed by atoms with Gasteiger partial charge in [-0.05, 0) is 121 Å². The lowest BCUT2D eigenvalue weighted by molar-refractivity contribution is -0.134. The standard InChI is InChI=1S/C47H50F3N3O8S2/c1-3-60-31-29-52(36-9-6-5-7-10-36)37-15-11-34(12-16-37)46(35-13-17-38(18-14-35)53(30-32-61-4-2)39-19-21-40(22-20-39)62(54,55)56)43-25-26-45(51-28-8-27-47(48,49)50)44-33-41(63(57,58)59)23-24-42(43)44/h5-7,9-26,33,46,51H,3-4,8,27-32H2,1-2H3,(H,54,55,56)(H,57,58,59). The van der Waals surface area contributed by atoms with Gasteiger partial charge in [-0.25, -0.2) is 0 Å². The molecule has 1 unspecified atom stereocenters. The molecule has 0 saturated carbocycles. The second-order valence-corrected chi connectivity index (χ2v) is 17.5. The Morgan fingerprint density at radius 1 is 0.603 bits per heavy atom. The van der Waals surface area contributed by atoms with E-state index in [0.29, 0.717) is 61.7 Å². The van der Waals surface area contributed by atoms with Gasteiger partial charge in [0.1, 0.15) is 0 Å². The van der Waals surface area contributed by atoms with Crippen molar-refractivity contribution in [3.8, 4) is 0 Å². The zero-order valence-electron chi connectivity index (χ0n) is 34.8. The van der Waals surface area contributed by atoms with Crippen LogP contribution in [0.15, 0.2) is 143 Å². The first kappa shape index (κ1) is 47.0. The Kier molecular flexibility index (Phi) is 15.5. The lowest BCUT2D eigenvalue weighted by Crippen LogP contribution is -2.22. The third kappa shape index (κ3) is 12.4. The summed E-state index contributed by atoms with van der Waals surface area (Å²) in [6, 6.07) is 39.5. The molecule has 0 saturated heterocycles. The van der Waals surface area contributed by atoms with Gasteiger partial charge in [0.05, 0.1) is 23.0 Å². The molecule has 0 radical (unpaired) electrons. The van der Waals surface area contributed by atoms with E-state index >= 15 is 0 Å². The van der Waals surface area contributed by atoms with Gasteiger partial charge in [-0.1, -0.05) is 54.6 Å². The zero-order chi connectivity index (χ0) is 45.2. The predicted octanol–water partition coefficient (Wildman–Crippen LogP) is 10.6. The van der Waals surface area contributed by atoms with E-state index in [9.17, 15) is 39.1 Å². The van der Waals surface area contributed by atoms with Crippen molar-refractivity contribution < 1.29 is 48.6 Å². The highest BCUT2D eigenvalue weighted by atomic mass is 32.2. The summed E-state index contributed by atoms with van der Waals surface area (Å²) in [7, 11) is -9.04. The van der Waals surface area contributed by atoms with Crippen molar-refractivity contribution in [1.82, 2.24) is 0 Å². The predicted molar refractivity (Wildman–Crippen MR) is 241 cm³/mol. The van der Waals surface area contributed by atoms with E-state index in [1.165, 1.54) is 24.3 Å². The van der Waals surface area contributed by atoms with Crippen molar-refractivity contribution in [1.29, 1.82) is 0 Å². The minimum Gasteiger partial charge on any atom is -0.385 e. The molecule has 0 aromatic heterocycles. The van der Waals surface area contributed by atoms with Crippen LogP contribution in [0, 0.1) is 0 Å². The molecule has 0 aliphatic carbocycles. The quantitative estimate of drug-likeness (QED) is 0.0360. The molecular formula is C47H50F3N3O8S2. The average Bonchev–Trinajstić information content (AvgIpc) is 3.26. The maximum absolute atomic E-state index is 13.0. The molecule has 334 valence electrons. The van der Waals surface area contributed by atoms with Gasteiger partial charge in [0.15, 0.2) is 0 Å². The Morgan fingerprint density at radius 2 is 1.08 bits per heavy atom. The fourth-order valence-corrected chi connectivity index (χ4v) is 8.48. The van der Waals surface area contributed by atoms with Crippen LogP contribution in [0.2, 0.25) is 0 Å². The minimum atomic E-state index is -4.64. The van der Waals surface area contributed by atoms with Crippen molar-refractivity contribution in [3.63, 3.8) is 0 Å². The summed E-state index contributed by atoms with van der Waals surface area (Å²) in [6.07, 6.45) is -5.53. The van der Waals surface area contributed by atoms with Crippen LogP contribution < -0.4 is 15.1 Å². The molecule has 6 aromatic carbocycles. The van der Waals surface area contributed by atoms with Gasteiger partial charge in [-0.2, -0.15) is 30.0 Å². The van der Waals surface area contributed by atoms with Crippen LogP contribution in [0.1, 0.15) is 49.3 Å². The molecule has 0 fully saturated rings. The van der Waals surface area contributed by atoms with Crippen LogP contribution in [0.25, 0.3) is 10.8 Å². The highest BCUT2D eigenvalue weighted by Gasteiger charge is 2.27. The smallest absolute Gasteiger partial charge is 0.385 e. The van der Waals surface area contributed by atoms with Crippen LogP contribution in [0.5, 0.6) is 0 Å². The van der Waals surface area contributed by atoms with Gasteiger partial charge in [0.25, 0.3) is 20.2 Å². The van der Waals surface area contributed by atoms with Crippen molar-refractivity contribution >= 4 is 59.4 Å². The number of fused-ring (bicyclic) bond motifs is 1. The Bertz CT molecular complexity index is 2650. The fraction of sp³-hybridized carbons (Fsp3) is 0.277. The molecule has 0 bridgehead atoms. The molecular weight excluding hydrogens is 856 g/mol. The van der Waals surface area contributed by atoms with Crippen molar-refractivity contribution in [2.75, 3.05) is 61.2 Å².